The summed E-state index contributed by atoms with van der Waals surface area (Å²) in [6.07, 6.45) is 1.52. The van der Waals surface area contributed by atoms with Gasteiger partial charge in [-0.25, -0.2) is 13.4 Å². The van der Waals surface area contributed by atoms with E-state index in [9.17, 15) is 13.2 Å². The average molecular weight is 474 g/mol. The number of thiazole rings is 1. The monoisotopic (exact) mass is 473 g/mol. The van der Waals surface area contributed by atoms with E-state index in [0.717, 1.165) is 0 Å². The van der Waals surface area contributed by atoms with Crippen molar-refractivity contribution in [2.45, 2.75) is 4.90 Å². The number of nitrogens with one attached hydrogen (secondary N) is 2. The van der Waals surface area contributed by atoms with E-state index >= 15 is 0 Å². The summed E-state index contributed by atoms with van der Waals surface area (Å²) in [7, 11) is -3.86. The zero-order chi connectivity index (χ0) is 21.8. The summed E-state index contributed by atoms with van der Waals surface area (Å²) in [6.45, 7) is -0.222. The number of hydrogen-bond acceptors (Lipinski definition) is 6. The molecule has 3 aromatic carbocycles. The van der Waals surface area contributed by atoms with Gasteiger partial charge in [0.05, 0.1) is 4.90 Å². The Labute approximate surface area is 187 Å². The van der Waals surface area contributed by atoms with Crippen molar-refractivity contribution in [3.63, 3.8) is 0 Å². The Morgan fingerprint density at radius 2 is 1.87 bits per heavy atom. The molecule has 4 rings (SSSR count). The van der Waals surface area contributed by atoms with Crippen LogP contribution < -0.4 is 14.8 Å². The number of sulfonamides is 1. The number of nitrogens with zero attached hydrogens (tertiary/aromatic N) is 1. The Bertz CT molecular complexity index is 1340. The van der Waals surface area contributed by atoms with Crippen LogP contribution >= 0.6 is 22.9 Å². The molecule has 158 valence electrons. The van der Waals surface area contributed by atoms with Crippen molar-refractivity contribution in [3.05, 3.63) is 77.3 Å². The van der Waals surface area contributed by atoms with Crippen LogP contribution in [0.3, 0.4) is 0 Å². The summed E-state index contributed by atoms with van der Waals surface area (Å²) in [5, 5.41) is 6.29. The second kappa shape index (κ2) is 8.93. The third kappa shape index (κ3) is 4.96. The zero-order valence-corrected chi connectivity index (χ0v) is 18.3. The van der Waals surface area contributed by atoms with Crippen LogP contribution in [0.15, 0.2) is 77.1 Å². The normalized spacial score (nSPS) is 11.3. The van der Waals surface area contributed by atoms with Crippen LogP contribution in [0.25, 0.3) is 10.8 Å². The number of halogens is 1. The Morgan fingerprint density at radius 3 is 2.61 bits per heavy atom. The predicted molar refractivity (Wildman–Crippen MR) is 122 cm³/mol. The van der Waals surface area contributed by atoms with E-state index in [2.05, 4.69) is 15.0 Å². The number of benzene rings is 3. The summed E-state index contributed by atoms with van der Waals surface area (Å²) in [4.78, 5) is 16.5. The second-order valence-electron chi connectivity index (χ2n) is 6.39. The van der Waals surface area contributed by atoms with E-state index in [-0.39, 0.29) is 22.5 Å². The van der Waals surface area contributed by atoms with Crippen molar-refractivity contribution >= 4 is 60.5 Å². The number of anilines is 2. The van der Waals surface area contributed by atoms with Crippen molar-refractivity contribution in [1.29, 1.82) is 0 Å². The van der Waals surface area contributed by atoms with Crippen LogP contribution in [-0.4, -0.2) is 25.9 Å². The van der Waals surface area contributed by atoms with E-state index in [1.54, 1.807) is 60.0 Å². The molecule has 4 aromatic rings. The fourth-order valence-corrected chi connectivity index (χ4v) is 5.13. The van der Waals surface area contributed by atoms with E-state index in [1.165, 1.54) is 23.6 Å². The van der Waals surface area contributed by atoms with Crippen molar-refractivity contribution < 1.29 is 17.9 Å². The zero-order valence-electron chi connectivity index (χ0n) is 15.9. The van der Waals surface area contributed by atoms with E-state index in [4.69, 9.17) is 16.3 Å². The topological polar surface area (TPSA) is 97.4 Å². The third-order valence-corrected chi connectivity index (χ3v) is 6.72. The van der Waals surface area contributed by atoms with Crippen molar-refractivity contribution in [1.82, 2.24) is 4.98 Å². The van der Waals surface area contributed by atoms with Crippen LogP contribution in [0.4, 0.5) is 10.8 Å². The van der Waals surface area contributed by atoms with Gasteiger partial charge in [-0.15, -0.1) is 11.3 Å². The maximum absolute atomic E-state index is 12.9. The molecule has 0 aliphatic rings. The highest BCUT2D eigenvalue weighted by Gasteiger charge is 2.20. The van der Waals surface area contributed by atoms with Gasteiger partial charge in [0, 0.05) is 33.1 Å². The number of hydrogen-bond donors (Lipinski definition) is 2. The fourth-order valence-electron chi connectivity index (χ4n) is 2.95. The minimum Gasteiger partial charge on any atom is -0.484 e. The summed E-state index contributed by atoms with van der Waals surface area (Å²) >= 11 is 7.10. The number of rotatable bonds is 7. The molecule has 1 aromatic heterocycles. The summed E-state index contributed by atoms with van der Waals surface area (Å²) in [5.41, 5.74) is 0.475. The molecule has 1 amide bonds. The molecule has 0 unspecified atom stereocenters. The smallest absolute Gasteiger partial charge is 0.264 e. The molecule has 0 atom stereocenters. The quantitative estimate of drug-likeness (QED) is 0.403. The molecular weight excluding hydrogens is 458 g/mol. The lowest BCUT2D eigenvalue weighted by atomic mass is 10.1. The SMILES string of the molecule is O=C(COc1cccc(Cl)c1)Nc1ccc(S(=O)(=O)Nc2nccs2)c2ccccc12. The van der Waals surface area contributed by atoms with Gasteiger partial charge in [0.25, 0.3) is 15.9 Å². The van der Waals surface area contributed by atoms with Gasteiger partial charge in [-0.3, -0.25) is 9.52 Å². The number of carbonyl (C=O) groups is 1. The van der Waals surface area contributed by atoms with Gasteiger partial charge in [-0.2, -0.15) is 0 Å². The first kappa shape index (κ1) is 21.1. The van der Waals surface area contributed by atoms with Gasteiger partial charge < -0.3 is 10.1 Å². The third-order valence-electron chi connectivity index (χ3n) is 4.27. The van der Waals surface area contributed by atoms with E-state index in [0.29, 0.717) is 27.2 Å². The Hall–Kier alpha value is -3.14. The Balaban J connectivity index is 1.57. The van der Waals surface area contributed by atoms with Crippen molar-refractivity contribution in [3.8, 4) is 5.75 Å². The molecule has 0 radical (unpaired) electrons. The largest absolute Gasteiger partial charge is 0.484 e. The summed E-state index contributed by atoms with van der Waals surface area (Å²) < 4.78 is 33.7. The van der Waals surface area contributed by atoms with Crippen LogP contribution in [0.5, 0.6) is 5.75 Å². The number of aromatic nitrogens is 1. The lowest BCUT2D eigenvalue weighted by Crippen LogP contribution is -2.20. The van der Waals surface area contributed by atoms with E-state index in [1.807, 2.05) is 0 Å². The fraction of sp³-hybridized carbons (Fsp3) is 0.0476. The number of amides is 1. The van der Waals surface area contributed by atoms with Gasteiger partial charge in [0.2, 0.25) is 0 Å². The van der Waals surface area contributed by atoms with Crippen LogP contribution in [0.2, 0.25) is 5.02 Å². The van der Waals surface area contributed by atoms with E-state index < -0.39 is 10.0 Å². The minimum atomic E-state index is -3.86. The number of carbonyl (C=O) groups excluding carboxylic acids is 1. The number of fused-ring (bicyclic) bond motifs is 1. The first-order valence-corrected chi connectivity index (χ1v) is 11.8. The lowest BCUT2D eigenvalue weighted by molar-refractivity contribution is -0.118. The van der Waals surface area contributed by atoms with Gasteiger partial charge in [0.15, 0.2) is 11.7 Å². The maximum Gasteiger partial charge on any atom is 0.264 e. The molecule has 1 heterocycles. The van der Waals surface area contributed by atoms with Crippen LogP contribution in [0, 0.1) is 0 Å². The Morgan fingerprint density at radius 1 is 1.06 bits per heavy atom. The first-order valence-electron chi connectivity index (χ1n) is 9.05. The molecule has 0 bridgehead atoms. The molecule has 0 fully saturated rings. The molecule has 0 saturated carbocycles. The molecular formula is C21H16ClN3O4S2. The maximum atomic E-state index is 12.9. The highest BCUT2D eigenvalue weighted by molar-refractivity contribution is 7.93. The molecule has 10 heteroatoms. The lowest BCUT2D eigenvalue weighted by Gasteiger charge is -2.13. The molecule has 0 aliphatic carbocycles. The van der Waals surface area contributed by atoms with Crippen LogP contribution in [0.1, 0.15) is 0 Å². The van der Waals surface area contributed by atoms with Gasteiger partial charge in [-0.1, -0.05) is 41.9 Å². The average Bonchev–Trinajstić information content (AvgIpc) is 3.25. The van der Waals surface area contributed by atoms with Crippen molar-refractivity contribution in [2.75, 3.05) is 16.6 Å². The molecule has 7 nitrogen and oxygen atoms in total. The summed E-state index contributed by atoms with van der Waals surface area (Å²) in [6, 6.07) is 16.7. The highest BCUT2D eigenvalue weighted by Crippen LogP contribution is 2.31. The standard InChI is InChI=1S/C21H16ClN3O4S2/c22-14-4-3-5-15(12-14)29-13-20(26)24-18-8-9-19(17-7-2-1-6-16(17)18)31(27,28)25-21-23-10-11-30-21/h1-12H,13H2,(H,23,25)(H,24,26). The van der Waals surface area contributed by atoms with Crippen LogP contribution in [-0.2, 0) is 14.8 Å². The first-order chi connectivity index (χ1) is 14.9. The Kier molecular flexibility index (Phi) is 6.08. The minimum absolute atomic E-state index is 0.0893. The molecule has 0 aliphatic heterocycles. The molecule has 0 saturated heterocycles. The van der Waals surface area contributed by atoms with Gasteiger partial charge in [0.1, 0.15) is 5.75 Å². The predicted octanol–water partition coefficient (Wildman–Crippen LogP) is 4.77. The molecule has 2 N–H and O–H groups in total. The molecule has 0 spiro atoms. The van der Waals surface area contributed by atoms with Gasteiger partial charge >= 0.3 is 0 Å². The summed E-state index contributed by atoms with van der Waals surface area (Å²) in [5.74, 6) is 0.0869. The molecule has 31 heavy (non-hydrogen) atoms. The number of ether oxygens (including phenoxy) is 1. The second-order valence-corrected chi connectivity index (χ2v) is 9.38. The van der Waals surface area contributed by atoms with Gasteiger partial charge in [-0.05, 0) is 30.3 Å². The van der Waals surface area contributed by atoms with Crippen molar-refractivity contribution in [2.24, 2.45) is 0 Å². The highest BCUT2D eigenvalue weighted by atomic mass is 35.5.